The largest absolute Gasteiger partial charge is 0.468 e. The van der Waals surface area contributed by atoms with Crippen LogP contribution in [-0.4, -0.2) is 38.9 Å². The second-order valence-corrected chi connectivity index (χ2v) is 7.02. The predicted molar refractivity (Wildman–Crippen MR) is 81.7 cm³/mol. The Hall–Kier alpha value is -1.40. The van der Waals surface area contributed by atoms with E-state index in [1.807, 2.05) is 26.0 Å². The van der Waals surface area contributed by atoms with Crippen LogP contribution >= 0.6 is 0 Å². The lowest BCUT2D eigenvalue weighted by molar-refractivity contribution is -0.140. The van der Waals surface area contributed by atoms with Gasteiger partial charge < -0.3 is 4.74 Å². The molecule has 21 heavy (non-hydrogen) atoms. The average Bonchev–Trinajstić information content (AvgIpc) is 2.36. The summed E-state index contributed by atoms with van der Waals surface area (Å²) in [5, 5.41) is 0. The van der Waals surface area contributed by atoms with E-state index in [0.717, 1.165) is 5.56 Å². The number of hydrogen-bond acceptors (Lipinski definition) is 4. The quantitative estimate of drug-likeness (QED) is 0.755. The van der Waals surface area contributed by atoms with E-state index in [1.54, 1.807) is 13.8 Å². The molecule has 0 spiro atoms. The Kier molecular flexibility index (Phi) is 5.92. The number of methoxy groups -OCH3 is 1. The third-order valence-corrected chi connectivity index (χ3v) is 5.36. The van der Waals surface area contributed by atoms with Crippen LogP contribution in [0.15, 0.2) is 17.0 Å². The second kappa shape index (κ2) is 7.04. The topological polar surface area (TPSA) is 63.7 Å². The van der Waals surface area contributed by atoms with Crippen LogP contribution < -0.4 is 0 Å². The average molecular weight is 313 g/mol. The SMILES string of the molecule is CCCN(CC(=O)OC)S(=O)(=O)c1c(C)cc(C)cc1C. The van der Waals surface area contributed by atoms with Crippen molar-refractivity contribution in [1.29, 1.82) is 0 Å². The lowest BCUT2D eigenvalue weighted by Gasteiger charge is -2.23. The van der Waals surface area contributed by atoms with Crippen LogP contribution in [0.3, 0.4) is 0 Å². The van der Waals surface area contributed by atoms with E-state index in [-0.39, 0.29) is 18.0 Å². The van der Waals surface area contributed by atoms with Crippen LogP contribution in [0.4, 0.5) is 0 Å². The molecule has 0 atom stereocenters. The zero-order valence-corrected chi connectivity index (χ0v) is 14.1. The Labute approximate surface area is 127 Å². The van der Waals surface area contributed by atoms with Crippen molar-refractivity contribution in [2.45, 2.75) is 39.0 Å². The fourth-order valence-electron chi connectivity index (χ4n) is 2.44. The van der Waals surface area contributed by atoms with E-state index >= 15 is 0 Å². The third-order valence-electron chi connectivity index (χ3n) is 3.21. The molecule has 0 bridgehead atoms. The maximum atomic E-state index is 12.8. The number of nitrogens with zero attached hydrogens (tertiary/aromatic N) is 1. The summed E-state index contributed by atoms with van der Waals surface area (Å²) in [5.74, 6) is -0.561. The number of carbonyl (C=O) groups is 1. The van der Waals surface area contributed by atoms with Gasteiger partial charge in [0.1, 0.15) is 6.54 Å². The van der Waals surface area contributed by atoms with Gasteiger partial charge in [-0.3, -0.25) is 4.79 Å². The first-order chi connectivity index (χ1) is 9.73. The number of carbonyl (C=O) groups excluding carboxylic acids is 1. The van der Waals surface area contributed by atoms with E-state index in [0.29, 0.717) is 17.5 Å². The Morgan fingerprint density at radius 2 is 1.71 bits per heavy atom. The van der Waals surface area contributed by atoms with Crippen LogP contribution in [-0.2, 0) is 19.6 Å². The zero-order valence-electron chi connectivity index (χ0n) is 13.3. The van der Waals surface area contributed by atoms with Gasteiger partial charge in [-0.1, -0.05) is 24.6 Å². The molecule has 118 valence electrons. The number of rotatable bonds is 6. The molecule has 1 rings (SSSR count). The summed E-state index contributed by atoms with van der Waals surface area (Å²) in [6.45, 7) is 7.36. The van der Waals surface area contributed by atoms with Crippen molar-refractivity contribution in [2.75, 3.05) is 20.2 Å². The van der Waals surface area contributed by atoms with Crippen LogP contribution in [0.2, 0.25) is 0 Å². The van der Waals surface area contributed by atoms with Crippen LogP contribution in [0.25, 0.3) is 0 Å². The summed E-state index contributed by atoms with van der Waals surface area (Å²) < 4.78 is 31.5. The first-order valence-corrected chi connectivity index (χ1v) is 8.32. The lowest BCUT2D eigenvalue weighted by atomic mass is 10.1. The Bertz CT molecular complexity index is 600. The highest BCUT2D eigenvalue weighted by Gasteiger charge is 2.29. The van der Waals surface area contributed by atoms with Crippen molar-refractivity contribution >= 4 is 16.0 Å². The van der Waals surface area contributed by atoms with Crippen LogP contribution in [0, 0.1) is 20.8 Å². The fourth-order valence-corrected chi connectivity index (χ4v) is 4.33. The number of ether oxygens (including phenoxy) is 1. The van der Waals surface area contributed by atoms with Gasteiger partial charge in [0.05, 0.1) is 12.0 Å². The van der Waals surface area contributed by atoms with Gasteiger partial charge in [0.25, 0.3) is 0 Å². The molecule has 0 heterocycles. The Morgan fingerprint density at radius 1 is 1.19 bits per heavy atom. The van der Waals surface area contributed by atoms with E-state index in [9.17, 15) is 13.2 Å². The molecule has 0 aromatic heterocycles. The molecule has 0 N–H and O–H groups in total. The highest BCUT2D eigenvalue weighted by Crippen LogP contribution is 2.25. The second-order valence-electron chi connectivity index (χ2n) is 5.14. The zero-order chi connectivity index (χ0) is 16.2. The summed E-state index contributed by atoms with van der Waals surface area (Å²) in [6, 6.07) is 3.67. The molecule has 0 saturated carbocycles. The molecule has 1 aromatic rings. The van der Waals surface area contributed by atoms with Crippen LogP contribution in [0.5, 0.6) is 0 Å². The van der Waals surface area contributed by atoms with Gasteiger partial charge in [-0.25, -0.2) is 8.42 Å². The molecule has 0 aliphatic carbocycles. The first-order valence-electron chi connectivity index (χ1n) is 6.88. The Morgan fingerprint density at radius 3 is 2.14 bits per heavy atom. The number of hydrogen-bond donors (Lipinski definition) is 0. The summed E-state index contributed by atoms with van der Waals surface area (Å²) >= 11 is 0. The van der Waals surface area contributed by atoms with E-state index in [2.05, 4.69) is 4.74 Å². The van der Waals surface area contributed by atoms with Crippen molar-refractivity contribution in [2.24, 2.45) is 0 Å². The fraction of sp³-hybridized carbons (Fsp3) is 0.533. The molecule has 0 aliphatic rings. The third kappa shape index (κ3) is 4.04. The molecule has 1 aromatic carbocycles. The van der Waals surface area contributed by atoms with Crippen molar-refractivity contribution in [3.8, 4) is 0 Å². The highest BCUT2D eigenvalue weighted by molar-refractivity contribution is 7.89. The monoisotopic (exact) mass is 313 g/mol. The predicted octanol–water partition coefficient (Wildman–Crippen LogP) is 2.19. The van der Waals surface area contributed by atoms with Gasteiger partial charge in [0.2, 0.25) is 10.0 Å². The molecule has 0 aliphatic heterocycles. The van der Waals surface area contributed by atoms with Crippen molar-refractivity contribution < 1.29 is 17.9 Å². The minimum atomic E-state index is -3.71. The molecule has 0 radical (unpaired) electrons. The Balaban J connectivity index is 3.32. The number of esters is 1. The standard InChI is InChI=1S/C15H23NO4S/c1-6-7-16(10-14(17)20-5)21(18,19)15-12(3)8-11(2)9-13(15)4/h8-9H,6-7,10H2,1-5H3. The van der Waals surface area contributed by atoms with Crippen molar-refractivity contribution in [1.82, 2.24) is 4.31 Å². The minimum Gasteiger partial charge on any atom is -0.468 e. The van der Waals surface area contributed by atoms with Gasteiger partial charge in [-0.15, -0.1) is 0 Å². The maximum absolute atomic E-state index is 12.8. The van der Waals surface area contributed by atoms with Gasteiger partial charge in [-0.2, -0.15) is 4.31 Å². The summed E-state index contributed by atoms with van der Waals surface area (Å²) in [7, 11) is -2.46. The number of sulfonamides is 1. The molecule has 5 nitrogen and oxygen atoms in total. The van der Waals surface area contributed by atoms with E-state index < -0.39 is 16.0 Å². The highest BCUT2D eigenvalue weighted by atomic mass is 32.2. The normalized spacial score (nSPS) is 11.7. The number of aryl methyl sites for hydroxylation is 3. The van der Waals surface area contributed by atoms with Crippen LogP contribution in [0.1, 0.15) is 30.0 Å². The van der Waals surface area contributed by atoms with E-state index in [4.69, 9.17) is 0 Å². The summed E-state index contributed by atoms with van der Waals surface area (Å²) in [5.41, 5.74) is 2.40. The molecule has 0 saturated heterocycles. The van der Waals surface area contributed by atoms with Crippen molar-refractivity contribution in [3.63, 3.8) is 0 Å². The summed E-state index contributed by atoms with van der Waals surface area (Å²) in [6.07, 6.45) is 0.625. The van der Waals surface area contributed by atoms with Gasteiger partial charge >= 0.3 is 5.97 Å². The molecule has 6 heteroatoms. The van der Waals surface area contributed by atoms with Gasteiger partial charge in [0, 0.05) is 6.54 Å². The van der Waals surface area contributed by atoms with Gasteiger partial charge in [0.15, 0.2) is 0 Å². The molecular formula is C15H23NO4S. The maximum Gasteiger partial charge on any atom is 0.321 e. The molecule has 0 fully saturated rings. The summed E-state index contributed by atoms with van der Waals surface area (Å²) in [4.78, 5) is 11.8. The molecular weight excluding hydrogens is 290 g/mol. The van der Waals surface area contributed by atoms with E-state index in [1.165, 1.54) is 11.4 Å². The van der Waals surface area contributed by atoms with Gasteiger partial charge in [-0.05, 0) is 38.3 Å². The molecule has 0 unspecified atom stereocenters. The lowest BCUT2D eigenvalue weighted by Crippen LogP contribution is -2.37. The smallest absolute Gasteiger partial charge is 0.321 e. The minimum absolute atomic E-state index is 0.264. The number of benzene rings is 1. The van der Waals surface area contributed by atoms with Crippen molar-refractivity contribution in [3.05, 3.63) is 28.8 Å². The molecule has 0 amide bonds. The first kappa shape index (κ1) is 17.7.